The zero-order valence-electron chi connectivity index (χ0n) is 15.7. The summed E-state index contributed by atoms with van der Waals surface area (Å²) < 4.78 is 38.3. The van der Waals surface area contributed by atoms with Gasteiger partial charge >= 0.3 is 6.18 Å². The van der Waals surface area contributed by atoms with Crippen LogP contribution in [0.5, 0.6) is 5.75 Å². The Balaban J connectivity index is 1.83. The molecule has 0 aliphatic carbocycles. The molecule has 3 rings (SSSR count). The van der Waals surface area contributed by atoms with Gasteiger partial charge in [-0.2, -0.15) is 13.2 Å². The number of rotatable bonds is 5. The van der Waals surface area contributed by atoms with Crippen LogP contribution in [0, 0.1) is 0 Å². The van der Waals surface area contributed by atoms with Crippen molar-refractivity contribution in [1.29, 1.82) is 0 Å². The molecule has 146 valence electrons. The number of benzene rings is 3. The maximum Gasteiger partial charge on any atom is 0.416 e. The van der Waals surface area contributed by atoms with Gasteiger partial charge in [0.1, 0.15) is 5.75 Å². The number of halogens is 3. The molecule has 2 N–H and O–H groups in total. The van der Waals surface area contributed by atoms with Crippen molar-refractivity contribution in [3.8, 4) is 16.9 Å². The van der Waals surface area contributed by atoms with Crippen molar-refractivity contribution in [2.75, 3.05) is 0 Å². The van der Waals surface area contributed by atoms with Crippen LogP contribution in [0.3, 0.4) is 0 Å². The second kappa shape index (κ2) is 8.07. The lowest BCUT2D eigenvalue weighted by Gasteiger charge is -2.21. The summed E-state index contributed by atoms with van der Waals surface area (Å²) in [5, 5.41) is 13.7. The number of aromatic hydroxyl groups is 1. The van der Waals surface area contributed by atoms with Gasteiger partial charge in [-0.1, -0.05) is 48.5 Å². The second-order valence-electron chi connectivity index (χ2n) is 6.87. The Labute approximate surface area is 162 Å². The van der Waals surface area contributed by atoms with Gasteiger partial charge < -0.3 is 10.4 Å². The maximum absolute atomic E-state index is 12.8. The molecule has 0 radical (unpaired) electrons. The predicted octanol–water partition coefficient (Wildman–Crippen LogP) is 6.49. The van der Waals surface area contributed by atoms with Crippen molar-refractivity contribution in [2.45, 2.75) is 32.1 Å². The molecule has 0 heterocycles. The van der Waals surface area contributed by atoms with Gasteiger partial charge in [-0.15, -0.1) is 0 Å². The molecule has 0 bridgehead atoms. The van der Waals surface area contributed by atoms with E-state index in [-0.39, 0.29) is 17.8 Å². The van der Waals surface area contributed by atoms with Gasteiger partial charge in [0.25, 0.3) is 0 Å². The third-order valence-corrected chi connectivity index (χ3v) is 4.84. The number of alkyl halides is 3. The highest BCUT2D eigenvalue weighted by molar-refractivity contribution is 5.71. The molecule has 2 atom stereocenters. The fourth-order valence-corrected chi connectivity index (χ4v) is 3.20. The molecule has 5 heteroatoms. The minimum atomic E-state index is -4.38. The van der Waals surface area contributed by atoms with Gasteiger partial charge in [0.05, 0.1) is 5.56 Å². The maximum atomic E-state index is 12.8. The topological polar surface area (TPSA) is 32.3 Å². The Morgan fingerprint density at radius 2 is 1.39 bits per heavy atom. The Morgan fingerprint density at radius 1 is 0.786 bits per heavy atom. The molecule has 28 heavy (non-hydrogen) atoms. The van der Waals surface area contributed by atoms with E-state index in [0.29, 0.717) is 11.1 Å². The smallest absolute Gasteiger partial charge is 0.416 e. The van der Waals surface area contributed by atoms with Gasteiger partial charge in [0.15, 0.2) is 0 Å². The normalized spacial score (nSPS) is 13.9. The molecule has 0 unspecified atom stereocenters. The summed E-state index contributed by atoms with van der Waals surface area (Å²) in [6.07, 6.45) is -4.38. The summed E-state index contributed by atoms with van der Waals surface area (Å²) in [6.45, 7) is 4.09. The molecular weight excluding hydrogens is 363 g/mol. The molecule has 0 aliphatic rings. The summed E-state index contributed by atoms with van der Waals surface area (Å²) in [7, 11) is 0. The highest BCUT2D eigenvalue weighted by atomic mass is 19.4. The molecule has 3 aromatic rings. The molecule has 3 aromatic carbocycles. The zero-order chi connectivity index (χ0) is 20.3. The van der Waals surface area contributed by atoms with Crippen molar-refractivity contribution >= 4 is 0 Å². The van der Waals surface area contributed by atoms with E-state index in [0.717, 1.165) is 23.3 Å². The van der Waals surface area contributed by atoms with E-state index in [1.54, 1.807) is 6.07 Å². The molecular formula is C23H22F3NO. The second-order valence-corrected chi connectivity index (χ2v) is 6.87. The van der Waals surface area contributed by atoms with Gasteiger partial charge in [0, 0.05) is 17.6 Å². The molecule has 0 saturated heterocycles. The molecule has 0 aliphatic heterocycles. The van der Waals surface area contributed by atoms with Crippen molar-refractivity contribution in [3.63, 3.8) is 0 Å². The van der Waals surface area contributed by atoms with Crippen LogP contribution in [-0.2, 0) is 6.18 Å². The van der Waals surface area contributed by atoms with Crippen LogP contribution >= 0.6 is 0 Å². The lowest BCUT2D eigenvalue weighted by atomic mass is 9.97. The number of hydrogen-bond donors (Lipinski definition) is 2. The van der Waals surface area contributed by atoms with E-state index < -0.39 is 11.7 Å². The predicted molar refractivity (Wildman–Crippen MR) is 105 cm³/mol. The Bertz CT molecular complexity index is 921. The van der Waals surface area contributed by atoms with Gasteiger partial charge in [-0.3, -0.25) is 0 Å². The lowest BCUT2D eigenvalue weighted by molar-refractivity contribution is -0.137. The quantitative estimate of drug-likeness (QED) is 0.526. The van der Waals surface area contributed by atoms with Crippen LogP contribution in [0.4, 0.5) is 13.2 Å². The van der Waals surface area contributed by atoms with Crippen molar-refractivity contribution in [2.24, 2.45) is 0 Å². The van der Waals surface area contributed by atoms with Gasteiger partial charge in [-0.25, -0.2) is 0 Å². The fourth-order valence-electron chi connectivity index (χ4n) is 3.20. The summed E-state index contributed by atoms with van der Waals surface area (Å²) >= 11 is 0. The van der Waals surface area contributed by atoms with E-state index in [9.17, 15) is 18.3 Å². The number of nitrogens with one attached hydrogen (secondary N) is 1. The molecule has 0 saturated carbocycles. The Kier molecular flexibility index (Phi) is 5.75. The van der Waals surface area contributed by atoms with Crippen molar-refractivity contribution in [1.82, 2.24) is 5.32 Å². The minimum absolute atomic E-state index is 0.0102. The summed E-state index contributed by atoms with van der Waals surface area (Å²) in [6, 6.07) is 20.2. The SMILES string of the molecule is C[C@@H](N[C@H](C)c1ccc(O)c(-c2ccc(C(F)(F)F)cc2)c1)c1ccccc1. The van der Waals surface area contributed by atoms with Crippen LogP contribution in [0.1, 0.15) is 42.6 Å². The van der Waals surface area contributed by atoms with Crippen LogP contribution in [0.15, 0.2) is 72.8 Å². The van der Waals surface area contributed by atoms with Gasteiger partial charge in [-0.05, 0) is 54.8 Å². The van der Waals surface area contributed by atoms with Crippen LogP contribution in [0.2, 0.25) is 0 Å². The van der Waals surface area contributed by atoms with Gasteiger partial charge in [0.2, 0.25) is 0 Å². The molecule has 0 aromatic heterocycles. The molecule has 0 amide bonds. The largest absolute Gasteiger partial charge is 0.507 e. The number of phenols is 1. The number of hydrogen-bond acceptors (Lipinski definition) is 2. The highest BCUT2D eigenvalue weighted by Gasteiger charge is 2.30. The lowest BCUT2D eigenvalue weighted by Crippen LogP contribution is -2.22. The monoisotopic (exact) mass is 385 g/mol. The third-order valence-electron chi connectivity index (χ3n) is 4.84. The van der Waals surface area contributed by atoms with Crippen LogP contribution < -0.4 is 5.32 Å². The van der Waals surface area contributed by atoms with E-state index in [4.69, 9.17) is 0 Å². The minimum Gasteiger partial charge on any atom is -0.507 e. The van der Waals surface area contributed by atoms with Crippen molar-refractivity contribution < 1.29 is 18.3 Å². The van der Waals surface area contributed by atoms with E-state index in [1.807, 2.05) is 37.3 Å². The van der Waals surface area contributed by atoms with E-state index >= 15 is 0 Å². The van der Waals surface area contributed by atoms with E-state index in [1.165, 1.54) is 12.1 Å². The molecule has 0 spiro atoms. The van der Waals surface area contributed by atoms with Crippen LogP contribution in [0.25, 0.3) is 11.1 Å². The average molecular weight is 385 g/mol. The number of phenolic OH excluding ortho intramolecular Hbond substituents is 1. The first-order chi connectivity index (χ1) is 13.3. The standard InChI is InChI=1S/C23H22F3NO/c1-15(17-6-4-3-5-7-17)27-16(2)19-10-13-22(28)21(14-19)18-8-11-20(12-9-18)23(24,25)26/h3-16,27-28H,1-2H3/t15-,16-/m1/s1. The fraction of sp³-hybridized carbons (Fsp3) is 0.217. The first kappa shape index (κ1) is 20.0. The first-order valence-electron chi connectivity index (χ1n) is 9.07. The average Bonchev–Trinajstić information content (AvgIpc) is 2.68. The zero-order valence-corrected chi connectivity index (χ0v) is 15.7. The molecule has 0 fully saturated rings. The van der Waals surface area contributed by atoms with Crippen molar-refractivity contribution in [3.05, 3.63) is 89.5 Å². The first-order valence-corrected chi connectivity index (χ1v) is 9.07. The summed E-state index contributed by atoms with van der Waals surface area (Å²) in [5.74, 6) is 0.0341. The van der Waals surface area contributed by atoms with Crippen LogP contribution in [-0.4, -0.2) is 5.11 Å². The van der Waals surface area contributed by atoms with E-state index in [2.05, 4.69) is 24.4 Å². The summed E-state index contributed by atoms with van der Waals surface area (Å²) in [4.78, 5) is 0. The third kappa shape index (κ3) is 4.54. The molecule has 2 nitrogen and oxygen atoms in total. The summed E-state index contributed by atoms with van der Waals surface area (Å²) in [5.41, 5.74) is 2.44. The highest BCUT2D eigenvalue weighted by Crippen LogP contribution is 2.35. The Morgan fingerprint density at radius 3 is 2.00 bits per heavy atom. The Hall–Kier alpha value is -2.79.